The van der Waals surface area contributed by atoms with Crippen LogP contribution in [-0.2, 0) is 11.3 Å². The van der Waals surface area contributed by atoms with Crippen molar-refractivity contribution in [2.45, 2.75) is 6.54 Å². The first-order chi connectivity index (χ1) is 13.7. The zero-order valence-electron chi connectivity index (χ0n) is 15.5. The number of nitrogens with one attached hydrogen (secondary N) is 2. The van der Waals surface area contributed by atoms with Gasteiger partial charge in [-0.3, -0.25) is 9.58 Å². The van der Waals surface area contributed by atoms with Crippen molar-refractivity contribution in [3.05, 3.63) is 48.9 Å². The first kappa shape index (κ1) is 17.9. The molecule has 0 bridgehead atoms. The van der Waals surface area contributed by atoms with Crippen LogP contribution in [0.25, 0.3) is 11.3 Å². The number of amides is 2. The topological polar surface area (TPSA) is 97.2 Å². The number of benzene rings is 1. The Morgan fingerprint density at radius 3 is 2.86 bits per heavy atom. The molecule has 0 spiro atoms. The molecule has 9 heteroatoms. The number of methoxy groups -OCH3 is 1. The third-order valence-electron chi connectivity index (χ3n) is 4.40. The van der Waals surface area contributed by atoms with Gasteiger partial charge in [0.15, 0.2) is 0 Å². The van der Waals surface area contributed by atoms with Gasteiger partial charge >= 0.3 is 6.03 Å². The monoisotopic (exact) mass is 379 g/mol. The van der Waals surface area contributed by atoms with Gasteiger partial charge in [-0.2, -0.15) is 5.10 Å². The van der Waals surface area contributed by atoms with Gasteiger partial charge in [0.25, 0.3) is 0 Å². The Morgan fingerprint density at radius 1 is 1.25 bits per heavy atom. The molecule has 2 amide bonds. The number of rotatable bonds is 7. The highest BCUT2D eigenvalue weighted by Crippen LogP contribution is 2.23. The molecule has 1 aliphatic heterocycles. The summed E-state index contributed by atoms with van der Waals surface area (Å²) in [5.41, 5.74) is 3.42. The Labute approximate surface area is 162 Å². The molecule has 9 nitrogen and oxygen atoms in total. The fraction of sp³-hybridized carbons (Fsp3) is 0.263. The van der Waals surface area contributed by atoms with E-state index in [4.69, 9.17) is 4.74 Å². The lowest BCUT2D eigenvalue weighted by Crippen LogP contribution is -2.27. The first-order valence-electron chi connectivity index (χ1n) is 9.00. The third-order valence-corrected chi connectivity index (χ3v) is 4.40. The molecule has 1 fully saturated rings. The molecule has 1 aliphatic rings. The minimum Gasteiger partial charge on any atom is -0.383 e. The van der Waals surface area contributed by atoms with Crippen LogP contribution in [0, 0.1) is 0 Å². The quantitative estimate of drug-likeness (QED) is 0.654. The number of urea groups is 1. The van der Waals surface area contributed by atoms with Crippen molar-refractivity contribution in [1.29, 1.82) is 0 Å². The first-order valence-corrected chi connectivity index (χ1v) is 9.00. The van der Waals surface area contributed by atoms with Crippen molar-refractivity contribution in [3.63, 3.8) is 0 Å². The van der Waals surface area contributed by atoms with Crippen LogP contribution in [0.5, 0.6) is 0 Å². The van der Waals surface area contributed by atoms with Crippen LogP contribution in [-0.4, -0.2) is 52.6 Å². The Kier molecular flexibility index (Phi) is 5.16. The molecule has 0 aliphatic carbocycles. The molecular weight excluding hydrogens is 358 g/mol. The van der Waals surface area contributed by atoms with Crippen molar-refractivity contribution < 1.29 is 9.53 Å². The summed E-state index contributed by atoms with van der Waals surface area (Å²) in [6.07, 6.45) is 5.31. The van der Waals surface area contributed by atoms with Gasteiger partial charge in [0.1, 0.15) is 0 Å². The fourth-order valence-corrected chi connectivity index (χ4v) is 2.97. The van der Waals surface area contributed by atoms with E-state index in [0.29, 0.717) is 32.2 Å². The number of carbonyl (C=O) groups excluding carboxylic acids is 1. The van der Waals surface area contributed by atoms with E-state index in [1.165, 1.54) is 0 Å². The Balaban J connectivity index is 1.47. The minimum absolute atomic E-state index is 0.0627. The van der Waals surface area contributed by atoms with Crippen LogP contribution < -0.4 is 15.5 Å². The lowest BCUT2D eigenvalue weighted by Gasteiger charge is -2.14. The van der Waals surface area contributed by atoms with Crippen molar-refractivity contribution in [2.24, 2.45) is 0 Å². The van der Waals surface area contributed by atoms with Gasteiger partial charge < -0.3 is 15.4 Å². The standard InChI is InChI=1S/C19H21N7O2/c1-28-11-10-25-13-15(12-22-25)23-18-20-7-6-17(24-18)14-2-4-16(5-3-14)26-9-8-21-19(26)27/h2-7,12-13H,8-11H2,1H3,(H,21,27)(H,20,23,24). The Morgan fingerprint density at radius 2 is 2.11 bits per heavy atom. The van der Waals surface area contributed by atoms with E-state index < -0.39 is 0 Å². The summed E-state index contributed by atoms with van der Waals surface area (Å²) < 4.78 is 6.85. The molecule has 2 aromatic heterocycles. The third kappa shape index (κ3) is 3.94. The van der Waals surface area contributed by atoms with Gasteiger partial charge in [-0.1, -0.05) is 12.1 Å². The molecule has 0 unspecified atom stereocenters. The van der Waals surface area contributed by atoms with E-state index in [9.17, 15) is 4.79 Å². The van der Waals surface area contributed by atoms with E-state index in [1.54, 1.807) is 29.1 Å². The second kappa shape index (κ2) is 8.05. The molecule has 1 saturated heterocycles. The number of nitrogens with zero attached hydrogens (tertiary/aromatic N) is 5. The summed E-state index contributed by atoms with van der Waals surface area (Å²) >= 11 is 0. The molecule has 0 atom stereocenters. The van der Waals surface area contributed by atoms with Gasteiger partial charge in [-0.25, -0.2) is 14.8 Å². The van der Waals surface area contributed by atoms with E-state index >= 15 is 0 Å². The van der Waals surface area contributed by atoms with Crippen LogP contribution in [0.3, 0.4) is 0 Å². The smallest absolute Gasteiger partial charge is 0.321 e. The van der Waals surface area contributed by atoms with E-state index in [-0.39, 0.29) is 6.03 Å². The molecule has 0 saturated carbocycles. The maximum atomic E-state index is 11.8. The average Bonchev–Trinajstić information content (AvgIpc) is 3.35. The van der Waals surface area contributed by atoms with Gasteiger partial charge in [-0.15, -0.1) is 0 Å². The van der Waals surface area contributed by atoms with Gasteiger partial charge in [0, 0.05) is 43.8 Å². The molecule has 2 N–H and O–H groups in total. The molecule has 3 aromatic rings. The van der Waals surface area contributed by atoms with Gasteiger partial charge in [-0.05, 0) is 18.2 Å². The Hall–Kier alpha value is -3.46. The van der Waals surface area contributed by atoms with Crippen LogP contribution in [0.2, 0.25) is 0 Å². The van der Waals surface area contributed by atoms with Crippen LogP contribution in [0.4, 0.5) is 22.1 Å². The van der Waals surface area contributed by atoms with Gasteiger partial charge in [0.05, 0.1) is 30.7 Å². The van der Waals surface area contributed by atoms with E-state index in [1.807, 2.05) is 36.5 Å². The summed E-state index contributed by atoms with van der Waals surface area (Å²) in [6.45, 7) is 2.63. The van der Waals surface area contributed by atoms with Crippen LogP contribution in [0.15, 0.2) is 48.9 Å². The van der Waals surface area contributed by atoms with E-state index in [2.05, 4.69) is 25.7 Å². The molecule has 144 valence electrons. The molecule has 0 radical (unpaired) electrons. The van der Waals surface area contributed by atoms with Crippen molar-refractivity contribution in [3.8, 4) is 11.3 Å². The highest BCUT2D eigenvalue weighted by molar-refractivity contribution is 5.94. The molecule has 28 heavy (non-hydrogen) atoms. The second-order valence-electron chi connectivity index (χ2n) is 6.31. The summed E-state index contributed by atoms with van der Waals surface area (Å²) in [4.78, 5) is 22.4. The van der Waals surface area contributed by atoms with E-state index in [0.717, 1.165) is 22.6 Å². The zero-order chi connectivity index (χ0) is 19.3. The molecule has 1 aromatic carbocycles. The highest BCUT2D eigenvalue weighted by Gasteiger charge is 2.20. The molecular formula is C19H21N7O2. The van der Waals surface area contributed by atoms with Gasteiger partial charge in [0.2, 0.25) is 5.95 Å². The summed E-state index contributed by atoms with van der Waals surface area (Å²) in [5, 5.41) is 10.2. The largest absolute Gasteiger partial charge is 0.383 e. The normalized spacial score (nSPS) is 13.6. The number of hydrogen-bond donors (Lipinski definition) is 2. The number of hydrogen-bond acceptors (Lipinski definition) is 6. The fourth-order valence-electron chi connectivity index (χ4n) is 2.97. The second-order valence-corrected chi connectivity index (χ2v) is 6.31. The number of carbonyl (C=O) groups is 1. The van der Waals surface area contributed by atoms with Crippen molar-refractivity contribution in [2.75, 3.05) is 37.0 Å². The van der Waals surface area contributed by atoms with Crippen LogP contribution in [0.1, 0.15) is 0 Å². The number of aromatic nitrogens is 4. The highest BCUT2D eigenvalue weighted by atomic mass is 16.5. The van der Waals surface area contributed by atoms with Crippen molar-refractivity contribution in [1.82, 2.24) is 25.1 Å². The molecule has 4 rings (SSSR count). The predicted octanol–water partition coefficient (Wildman–Crippen LogP) is 2.26. The number of anilines is 3. The lowest BCUT2D eigenvalue weighted by atomic mass is 10.1. The SMILES string of the molecule is COCCn1cc(Nc2nccc(-c3ccc(N4CCNC4=O)cc3)n2)cn1. The van der Waals surface area contributed by atoms with Crippen molar-refractivity contribution >= 4 is 23.4 Å². The summed E-state index contributed by atoms with van der Waals surface area (Å²) in [7, 11) is 1.66. The maximum Gasteiger partial charge on any atom is 0.321 e. The summed E-state index contributed by atoms with van der Waals surface area (Å²) in [6, 6.07) is 9.55. The number of ether oxygens (including phenoxy) is 1. The average molecular weight is 379 g/mol. The predicted molar refractivity (Wildman–Crippen MR) is 106 cm³/mol. The Bertz CT molecular complexity index is 955. The zero-order valence-corrected chi connectivity index (χ0v) is 15.5. The minimum atomic E-state index is -0.0627. The van der Waals surface area contributed by atoms with Crippen LogP contribution >= 0.6 is 0 Å². The molecule has 3 heterocycles. The summed E-state index contributed by atoms with van der Waals surface area (Å²) in [5.74, 6) is 0.492. The maximum absolute atomic E-state index is 11.8. The lowest BCUT2D eigenvalue weighted by molar-refractivity contribution is 0.183.